The summed E-state index contributed by atoms with van der Waals surface area (Å²) in [5.74, 6) is -4.25. The van der Waals surface area contributed by atoms with Crippen LogP contribution >= 0.6 is 0 Å². The molecule has 0 aliphatic rings. The van der Waals surface area contributed by atoms with Gasteiger partial charge in [0.05, 0.1) is 6.04 Å². The number of amides is 4. The van der Waals surface area contributed by atoms with Crippen LogP contribution in [0.1, 0.15) is 31.2 Å². The van der Waals surface area contributed by atoms with Crippen molar-refractivity contribution in [2.45, 2.75) is 50.2 Å². The summed E-state index contributed by atoms with van der Waals surface area (Å²) in [5, 5.41) is 17.0. The van der Waals surface area contributed by atoms with Gasteiger partial charge >= 0.3 is 5.97 Å². The number of hydrogen-bond acceptors (Lipinski definition) is 7. The van der Waals surface area contributed by atoms with Gasteiger partial charge < -0.3 is 49.0 Å². The Labute approximate surface area is 224 Å². The summed E-state index contributed by atoms with van der Waals surface area (Å²) < 4.78 is 0. The Bertz CT molecular complexity index is 1210. The van der Waals surface area contributed by atoms with E-state index in [9.17, 15) is 24.0 Å². The first kappa shape index (κ1) is 30.6. The molecule has 2 aromatic rings. The van der Waals surface area contributed by atoms with Crippen LogP contribution in [0.2, 0.25) is 0 Å². The van der Waals surface area contributed by atoms with Crippen molar-refractivity contribution in [2.75, 3.05) is 13.1 Å². The van der Waals surface area contributed by atoms with E-state index in [1.54, 1.807) is 6.20 Å². The normalized spacial score (nSPS) is 13.1. The number of rotatable bonds is 16. The molecule has 1 heterocycles. The molecule has 39 heavy (non-hydrogen) atoms. The molecule has 212 valence electrons. The number of aromatic nitrogens is 1. The second kappa shape index (κ2) is 14.9. The van der Waals surface area contributed by atoms with Crippen molar-refractivity contribution in [1.29, 1.82) is 0 Å². The van der Waals surface area contributed by atoms with Crippen molar-refractivity contribution in [3.8, 4) is 0 Å². The van der Waals surface area contributed by atoms with Crippen LogP contribution in [0.25, 0.3) is 10.9 Å². The second-order valence-electron chi connectivity index (χ2n) is 8.86. The highest BCUT2D eigenvalue weighted by Gasteiger charge is 2.29. The van der Waals surface area contributed by atoms with E-state index in [0.717, 1.165) is 16.5 Å². The van der Waals surface area contributed by atoms with Crippen LogP contribution in [-0.4, -0.2) is 76.9 Å². The predicted octanol–water partition coefficient (Wildman–Crippen LogP) is -2.47. The van der Waals surface area contributed by atoms with Crippen molar-refractivity contribution in [1.82, 2.24) is 20.9 Å². The SMILES string of the molecule is NC(=O)CCC(NC(=O)C(Cc1c[nH]c2ccccc12)NC(=O)C(N)CCCN=C(N)N)C(=O)NCC(=O)O. The summed E-state index contributed by atoms with van der Waals surface area (Å²) in [6, 6.07) is 3.96. The van der Waals surface area contributed by atoms with E-state index in [1.165, 1.54) is 0 Å². The molecule has 15 heteroatoms. The molecule has 0 spiro atoms. The fourth-order valence-electron chi connectivity index (χ4n) is 3.77. The second-order valence-corrected chi connectivity index (χ2v) is 8.86. The molecule has 3 unspecified atom stereocenters. The van der Waals surface area contributed by atoms with Crippen molar-refractivity contribution in [2.24, 2.45) is 27.9 Å². The van der Waals surface area contributed by atoms with Crippen LogP contribution in [0.3, 0.4) is 0 Å². The standard InChI is InChI=1S/C24H35N9O6/c25-15(5-3-9-29-24(27)28)21(37)33-18(10-13-11-30-16-6-2-1-4-14(13)16)23(39)32-17(7-8-19(26)34)22(38)31-12-20(35)36/h1-2,4,6,11,15,17-18,30H,3,5,7-10,12,25H2,(H2,26,34)(H,31,38)(H,32,39)(H,33,37)(H,35,36)(H4,27,28,29). The van der Waals surface area contributed by atoms with E-state index < -0.39 is 54.3 Å². The largest absolute Gasteiger partial charge is 0.480 e. The highest BCUT2D eigenvalue weighted by molar-refractivity contribution is 5.94. The van der Waals surface area contributed by atoms with Crippen LogP contribution in [0.5, 0.6) is 0 Å². The fraction of sp³-hybridized carbons (Fsp3) is 0.417. The van der Waals surface area contributed by atoms with Gasteiger partial charge in [0.2, 0.25) is 23.6 Å². The lowest BCUT2D eigenvalue weighted by Crippen LogP contribution is -2.56. The Hall–Kier alpha value is -4.66. The molecule has 2 rings (SSSR count). The average Bonchev–Trinajstić information content (AvgIpc) is 3.29. The van der Waals surface area contributed by atoms with Gasteiger partial charge in [-0.05, 0) is 30.9 Å². The highest BCUT2D eigenvalue weighted by Crippen LogP contribution is 2.19. The van der Waals surface area contributed by atoms with Gasteiger partial charge in [-0.1, -0.05) is 18.2 Å². The van der Waals surface area contributed by atoms with Crippen molar-refractivity contribution in [3.63, 3.8) is 0 Å². The summed E-state index contributed by atoms with van der Waals surface area (Å²) in [6.07, 6.45) is 1.99. The number of fused-ring (bicyclic) bond motifs is 1. The lowest BCUT2D eigenvalue weighted by molar-refractivity contribution is -0.138. The third-order valence-corrected chi connectivity index (χ3v) is 5.76. The summed E-state index contributed by atoms with van der Waals surface area (Å²) >= 11 is 0. The van der Waals surface area contributed by atoms with Crippen LogP contribution in [0.4, 0.5) is 0 Å². The smallest absolute Gasteiger partial charge is 0.322 e. The van der Waals surface area contributed by atoms with Crippen molar-refractivity contribution < 1.29 is 29.1 Å². The molecule has 1 aromatic carbocycles. The molecule has 0 saturated carbocycles. The monoisotopic (exact) mass is 545 g/mol. The Morgan fingerprint density at radius 2 is 1.64 bits per heavy atom. The Balaban J connectivity index is 2.22. The number of hydrogen-bond donors (Lipinski definition) is 9. The topological polar surface area (TPSA) is 274 Å². The molecular formula is C24H35N9O6. The van der Waals surface area contributed by atoms with Crippen molar-refractivity contribution >= 4 is 46.5 Å². The molecule has 1 aromatic heterocycles. The molecule has 0 bridgehead atoms. The van der Waals surface area contributed by atoms with Gasteiger partial charge in [0.25, 0.3) is 0 Å². The number of guanidine groups is 1. The number of nitrogens with two attached hydrogens (primary N) is 4. The van der Waals surface area contributed by atoms with Gasteiger partial charge in [-0.15, -0.1) is 0 Å². The zero-order valence-electron chi connectivity index (χ0n) is 21.3. The molecule has 13 N–H and O–H groups in total. The molecule has 0 radical (unpaired) electrons. The molecule has 0 aliphatic heterocycles. The summed E-state index contributed by atoms with van der Waals surface area (Å²) in [5.41, 5.74) is 23.3. The maximum absolute atomic E-state index is 13.4. The minimum Gasteiger partial charge on any atom is -0.480 e. The number of aromatic amines is 1. The number of para-hydroxylation sites is 1. The number of nitrogens with one attached hydrogen (secondary N) is 4. The van der Waals surface area contributed by atoms with E-state index in [2.05, 4.69) is 25.9 Å². The average molecular weight is 546 g/mol. The maximum Gasteiger partial charge on any atom is 0.322 e. The third-order valence-electron chi connectivity index (χ3n) is 5.76. The van der Waals surface area contributed by atoms with Crippen LogP contribution in [0, 0.1) is 0 Å². The first-order valence-electron chi connectivity index (χ1n) is 12.2. The number of carbonyl (C=O) groups is 5. The maximum atomic E-state index is 13.4. The number of aliphatic imine (C=N–C) groups is 1. The fourth-order valence-corrected chi connectivity index (χ4v) is 3.77. The predicted molar refractivity (Wildman–Crippen MR) is 143 cm³/mol. The van der Waals surface area contributed by atoms with E-state index in [1.807, 2.05) is 24.3 Å². The summed E-state index contributed by atoms with van der Waals surface area (Å²) in [4.78, 5) is 67.9. The van der Waals surface area contributed by atoms with Gasteiger partial charge in [-0.3, -0.25) is 29.0 Å². The summed E-state index contributed by atoms with van der Waals surface area (Å²) in [7, 11) is 0. The molecule has 0 fully saturated rings. The number of nitrogens with zero attached hydrogens (tertiary/aromatic N) is 1. The molecule has 0 saturated heterocycles. The summed E-state index contributed by atoms with van der Waals surface area (Å²) in [6.45, 7) is -0.415. The number of benzene rings is 1. The molecule has 0 aliphatic carbocycles. The first-order valence-corrected chi connectivity index (χ1v) is 12.2. The Kier molecular flexibility index (Phi) is 11.7. The van der Waals surface area contributed by atoms with Gasteiger partial charge in [0.1, 0.15) is 18.6 Å². The number of carbonyl (C=O) groups excluding carboxylic acids is 4. The number of H-pyrrole nitrogens is 1. The van der Waals surface area contributed by atoms with Gasteiger partial charge in [-0.25, -0.2) is 0 Å². The number of primary amides is 1. The van der Waals surface area contributed by atoms with Crippen LogP contribution in [0.15, 0.2) is 35.5 Å². The van der Waals surface area contributed by atoms with Crippen LogP contribution in [-0.2, 0) is 30.4 Å². The van der Waals surface area contributed by atoms with Crippen molar-refractivity contribution in [3.05, 3.63) is 36.0 Å². The van der Waals surface area contributed by atoms with Gasteiger partial charge in [0.15, 0.2) is 5.96 Å². The molecule has 3 atom stereocenters. The van der Waals surface area contributed by atoms with E-state index in [-0.39, 0.29) is 38.2 Å². The van der Waals surface area contributed by atoms with Gasteiger partial charge in [0, 0.05) is 36.5 Å². The minimum atomic E-state index is -1.29. The molecule has 15 nitrogen and oxygen atoms in total. The van der Waals surface area contributed by atoms with Crippen LogP contribution < -0.4 is 38.9 Å². The molecular weight excluding hydrogens is 510 g/mol. The first-order chi connectivity index (χ1) is 18.5. The number of aliphatic carboxylic acids is 1. The van der Waals surface area contributed by atoms with E-state index in [4.69, 9.17) is 28.0 Å². The quantitative estimate of drug-likeness (QED) is 0.0613. The van der Waals surface area contributed by atoms with Gasteiger partial charge in [-0.2, -0.15) is 0 Å². The number of carboxylic acids is 1. The Morgan fingerprint density at radius 3 is 2.31 bits per heavy atom. The zero-order chi connectivity index (χ0) is 28.9. The van der Waals surface area contributed by atoms with E-state index >= 15 is 0 Å². The highest BCUT2D eigenvalue weighted by atomic mass is 16.4. The minimum absolute atomic E-state index is 0.0432. The Morgan fingerprint density at radius 1 is 0.949 bits per heavy atom. The lowest BCUT2D eigenvalue weighted by Gasteiger charge is -2.24. The number of carboxylic acid groups (broad SMARTS) is 1. The lowest BCUT2D eigenvalue weighted by atomic mass is 10.0. The van der Waals surface area contributed by atoms with E-state index in [0.29, 0.717) is 6.42 Å². The third kappa shape index (κ3) is 10.3. The molecule has 4 amide bonds. The zero-order valence-corrected chi connectivity index (χ0v) is 21.3.